The van der Waals surface area contributed by atoms with Gasteiger partial charge in [-0.3, -0.25) is 14.4 Å². The molecule has 22 heavy (non-hydrogen) atoms. The van der Waals surface area contributed by atoms with Crippen LogP contribution in [-0.4, -0.2) is 56.9 Å². The van der Waals surface area contributed by atoms with Crippen molar-refractivity contribution in [2.24, 2.45) is 13.0 Å². The maximum atomic E-state index is 12.3. The fourth-order valence-electron chi connectivity index (χ4n) is 3.61. The van der Waals surface area contributed by atoms with Gasteiger partial charge in [0, 0.05) is 33.1 Å². The normalized spacial score (nSPS) is 23.7. The van der Waals surface area contributed by atoms with E-state index in [9.17, 15) is 4.79 Å². The van der Waals surface area contributed by atoms with Crippen molar-refractivity contribution in [1.82, 2.24) is 24.8 Å². The predicted molar refractivity (Wildman–Crippen MR) is 84.1 cm³/mol. The molecule has 3 heterocycles. The third-order valence-electron chi connectivity index (χ3n) is 5.06. The maximum absolute atomic E-state index is 12.3. The molecule has 6 nitrogen and oxygen atoms in total. The Morgan fingerprint density at radius 2 is 2.00 bits per heavy atom. The molecule has 1 aromatic heterocycles. The molecule has 2 aliphatic rings. The highest BCUT2D eigenvalue weighted by atomic mass is 16.2. The summed E-state index contributed by atoms with van der Waals surface area (Å²) in [4.78, 5) is 16.8. The molecule has 0 saturated carbocycles. The average molecular weight is 305 g/mol. The number of aryl methyl sites for hydroxylation is 1. The van der Waals surface area contributed by atoms with E-state index in [0.717, 1.165) is 51.3 Å². The van der Waals surface area contributed by atoms with Crippen LogP contribution in [0.3, 0.4) is 0 Å². The lowest BCUT2D eigenvalue weighted by Crippen LogP contribution is -2.29. The van der Waals surface area contributed by atoms with Crippen LogP contribution in [0.15, 0.2) is 6.20 Å². The quantitative estimate of drug-likeness (QED) is 0.844. The molecule has 1 amide bonds. The number of carbonyl (C=O) groups is 1. The summed E-state index contributed by atoms with van der Waals surface area (Å²) in [5.41, 5.74) is 1.16. The molecule has 0 radical (unpaired) electrons. The molecule has 0 bridgehead atoms. The minimum atomic E-state index is 0.381. The first kappa shape index (κ1) is 15.5. The van der Waals surface area contributed by atoms with Gasteiger partial charge >= 0.3 is 0 Å². The molecule has 1 aromatic rings. The zero-order valence-electron chi connectivity index (χ0n) is 13.6. The number of amides is 1. The van der Waals surface area contributed by atoms with E-state index in [2.05, 4.69) is 20.1 Å². The molecule has 1 atom stereocenters. The van der Waals surface area contributed by atoms with Crippen molar-refractivity contribution in [2.45, 2.75) is 45.1 Å². The molecule has 0 unspecified atom stereocenters. The van der Waals surface area contributed by atoms with Crippen molar-refractivity contribution >= 4 is 5.91 Å². The van der Waals surface area contributed by atoms with Gasteiger partial charge in [0.05, 0.1) is 11.9 Å². The van der Waals surface area contributed by atoms with Crippen molar-refractivity contribution in [2.75, 3.05) is 26.2 Å². The molecular weight excluding hydrogens is 278 g/mol. The summed E-state index contributed by atoms with van der Waals surface area (Å²) in [7, 11) is 1.94. The van der Waals surface area contributed by atoms with E-state index in [4.69, 9.17) is 0 Å². The minimum absolute atomic E-state index is 0.381. The second-order valence-electron chi connectivity index (χ2n) is 6.71. The van der Waals surface area contributed by atoms with Gasteiger partial charge in [0.15, 0.2) is 0 Å². The summed E-state index contributed by atoms with van der Waals surface area (Å²) >= 11 is 0. The Morgan fingerprint density at radius 1 is 1.18 bits per heavy atom. The molecule has 0 aliphatic carbocycles. The number of hydrogen-bond acceptors (Lipinski definition) is 4. The molecule has 2 aliphatic heterocycles. The maximum Gasteiger partial charge on any atom is 0.222 e. The smallest absolute Gasteiger partial charge is 0.222 e. The highest BCUT2D eigenvalue weighted by Crippen LogP contribution is 2.23. The summed E-state index contributed by atoms with van der Waals surface area (Å²) in [5.74, 6) is 0.939. The van der Waals surface area contributed by atoms with Crippen LogP contribution in [0.4, 0.5) is 0 Å². The standard InChI is InChI=1S/C16H27N5O/c1-19-15(12-17-18-19)13-20-7-4-5-14(6-10-20)11-16(22)21-8-2-3-9-21/h12,14H,2-11,13H2,1H3/t14-/m0/s1. The van der Waals surface area contributed by atoms with Crippen molar-refractivity contribution in [3.05, 3.63) is 11.9 Å². The van der Waals surface area contributed by atoms with E-state index in [1.807, 2.05) is 17.9 Å². The van der Waals surface area contributed by atoms with Gasteiger partial charge in [0.1, 0.15) is 0 Å². The highest BCUT2D eigenvalue weighted by Gasteiger charge is 2.24. The molecule has 2 saturated heterocycles. The van der Waals surface area contributed by atoms with Crippen LogP contribution in [0.25, 0.3) is 0 Å². The zero-order valence-corrected chi connectivity index (χ0v) is 13.6. The average Bonchev–Trinajstić information content (AvgIpc) is 3.11. The molecule has 122 valence electrons. The van der Waals surface area contributed by atoms with E-state index in [-0.39, 0.29) is 0 Å². The lowest BCUT2D eigenvalue weighted by Gasteiger charge is -2.21. The third kappa shape index (κ3) is 3.85. The van der Waals surface area contributed by atoms with Crippen LogP contribution in [0.2, 0.25) is 0 Å². The van der Waals surface area contributed by atoms with Crippen LogP contribution in [-0.2, 0) is 18.4 Å². The van der Waals surface area contributed by atoms with Gasteiger partial charge in [-0.15, -0.1) is 5.10 Å². The Morgan fingerprint density at radius 3 is 2.73 bits per heavy atom. The summed E-state index contributed by atoms with van der Waals surface area (Å²) in [6, 6.07) is 0. The molecule has 6 heteroatoms. The van der Waals surface area contributed by atoms with Crippen molar-refractivity contribution in [3.8, 4) is 0 Å². The third-order valence-corrected chi connectivity index (χ3v) is 5.06. The van der Waals surface area contributed by atoms with Gasteiger partial charge in [-0.05, 0) is 51.1 Å². The number of carbonyl (C=O) groups excluding carboxylic acids is 1. The summed E-state index contributed by atoms with van der Waals surface area (Å²) in [6.07, 6.45) is 8.46. The lowest BCUT2D eigenvalue weighted by molar-refractivity contribution is -0.131. The Balaban J connectivity index is 1.47. The Labute approximate surface area is 132 Å². The SMILES string of the molecule is Cn1nncc1CN1CCC[C@H](CC(=O)N2CCCC2)CC1. The molecular formula is C16H27N5O. The van der Waals surface area contributed by atoms with Crippen LogP contribution >= 0.6 is 0 Å². The van der Waals surface area contributed by atoms with Gasteiger partial charge in [0.2, 0.25) is 5.91 Å². The fraction of sp³-hybridized carbons (Fsp3) is 0.812. The van der Waals surface area contributed by atoms with Crippen molar-refractivity contribution in [1.29, 1.82) is 0 Å². The first-order chi connectivity index (χ1) is 10.7. The summed E-state index contributed by atoms with van der Waals surface area (Å²) in [6.45, 7) is 5.05. The highest BCUT2D eigenvalue weighted by molar-refractivity contribution is 5.76. The van der Waals surface area contributed by atoms with Crippen LogP contribution in [0, 0.1) is 5.92 Å². The number of likely N-dealkylation sites (tertiary alicyclic amines) is 2. The van der Waals surface area contributed by atoms with E-state index in [0.29, 0.717) is 11.8 Å². The lowest BCUT2D eigenvalue weighted by atomic mass is 9.96. The van der Waals surface area contributed by atoms with E-state index < -0.39 is 0 Å². The number of hydrogen-bond donors (Lipinski definition) is 0. The fourth-order valence-corrected chi connectivity index (χ4v) is 3.61. The van der Waals surface area contributed by atoms with Crippen LogP contribution in [0.1, 0.15) is 44.2 Å². The second kappa shape index (κ2) is 7.22. The molecule has 2 fully saturated rings. The largest absolute Gasteiger partial charge is 0.343 e. The van der Waals surface area contributed by atoms with E-state index in [1.165, 1.54) is 25.7 Å². The Hall–Kier alpha value is -1.43. The predicted octanol–water partition coefficient (Wildman–Crippen LogP) is 1.43. The number of aromatic nitrogens is 3. The first-order valence-corrected chi connectivity index (χ1v) is 8.56. The van der Waals surface area contributed by atoms with Gasteiger partial charge in [-0.1, -0.05) is 5.21 Å². The first-order valence-electron chi connectivity index (χ1n) is 8.56. The molecule has 0 aromatic carbocycles. The Bertz CT molecular complexity index is 494. The molecule has 3 rings (SSSR count). The van der Waals surface area contributed by atoms with Gasteiger partial charge in [0.25, 0.3) is 0 Å². The molecule has 0 N–H and O–H groups in total. The zero-order chi connectivity index (χ0) is 15.4. The van der Waals surface area contributed by atoms with Crippen LogP contribution in [0.5, 0.6) is 0 Å². The monoisotopic (exact) mass is 305 g/mol. The van der Waals surface area contributed by atoms with E-state index >= 15 is 0 Å². The summed E-state index contributed by atoms with van der Waals surface area (Å²) < 4.78 is 1.85. The topological polar surface area (TPSA) is 54.3 Å². The Kier molecular flexibility index (Phi) is 5.08. The summed E-state index contributed by atoms with van der Waals surface area (Å²) in [5, 5.41) is 7.94. The van der Waals surface area contributed by atoms with Crippen molar-refractivity contribution in [3.63, 3.8) is 0 Å². The van der Waals surface area contributed by atoms with Gasteiger partial charge < -0.3 is 4.90 Å². The molecule has 0 spiro atoms. The minimum Gasteiger partial charge on any atom is -0.343 e. The van der Waals surface area contributed by atoms with Gasteiger partial charge in [-0.25, -0.2) is 0 Å². The van der Waals surface area contributed by atoms with Gasteiger partial charge in [-0.2, -0.15) is 0 Å². The van der Waals surface area contributed by atoms with Crippen LogP contribution < -0.4 is 0 Å². The van der Waals surface area contributed by atoms with Crippen molar-refractivity contribution < 1.29 is 4.79 Å². The number of nitrogens with zero attached hydrogens (tertiary/aromatic N) is 5. The second-order valence-corrected chi connectivity index (χ2v) is 6.71. The number of rotatable bonds is 4. The van der Waals surface area contributed by atoms with E-state index in [1.54, 1.807) is 0 Å².